The van der Waals surface area contributed by atoms with Crippen molar-refractivity contribution in [1.82, 2.24) is 5.32 Å². The van der Waals surface area contributed by atoms with E-state index in [2.05, 4.69) is 5.32 Å². The van der Waals surface area contributed by atoms with E-state index in [0.29, 0.717) is 17.1 Å². The molecule has 94 valence electrons. The van der Waals surface area contributed by atoms with E-state index in [1.54, 1.807) is 18.2 Å². The molecule has 0 spiro atoms. The molecule has 1 aliphatic rings. The van der Waals surface area contributed by atoms with E-state index < -0.39 is 12.0 Å². The van der Waals surface area contributed by atoms with Gasteiger partial charge in [-0.3, -0.25) is 4.79 Å². The van der Waals surface area contributed by atoms with Gasteiger partial charge in [0.15, 0.2) is 0 Å². The summed E-state index contributed by atoms with van der Waals surface area (Å²) in [6, 6.07) is 6.52. The molecule has 1 fully saturated rings. The fourth-order valence-corrected chi connectivity index (χ4v) is 2.11. The molecule has 0 heterocycles. The molecular formula is C13H13ClN2O2. The Bertz CT molecular complexity index is 506. The van der Waals surface area contributed by atoms with E-state index in [0.717, 1.165) is 18.4 Å². The van der Waals surface area contributed by atoms with Crippen LogP contribution in [-0.4, -0.2) is 17.1 Å². The highest BCUT2D eigenvalue weighted by Crippen LogP contribution is 2.33. The minimum atomic E-state index is -0.817. The normalized spacial score (nSPS) is 16.0. The van der Waals surface area contributed by atoms with Crippen LogP contribution in [0.15, 0.2) is 18.2 Å². The van der Waals surface area contributed by atoms with E-state index in [1.165, 1.54) is 0 Å². The van der Waals surface area contributed by atoms with Crippen molar-refractivity contribution in [3.05, 3.63) is 34.3 Å². The van der Waals surface area contributed by atoms with Gasteiger partial charge in [-0.05, 0) is 36.5 Å². The summed E-state index contributed by atoms with van der Waals surface area (Å²) in [6.45, 7) is 0.401. The largest absolute Gasteiger partial charge is 0.480 e. The lowest BCUT2D eigenvalue weighted by atomic mass is 10.1. The van der Waals surface area contributed by atoms with Crippen LogP contribution < -0.4 is 5.32 Å². The molecule has 1 aliphatic carbocycles. The molecule has 0 amide bonds. The maximum Gasteiger partial charge on any atom is 0.320 e. The third kappa shape index (κ3) is 3.00. The quantitative estimate of drug-likeness (QED) is 0.855. The minimum absolute atomic E-state index is 0.236. The van der Waals surface area contributed by atoms with Gasteiger partial charge in [0.25, 0.3) is 0 Å². The number of carbonyl (C=O) groups is 1. The van der Waals surface area contributed by atoms with E-state index in [-0.39, 0.29) is 5.92 Å². The first-order valence-corrected chi connectivity index (χ1v) is 6.14. The highest BCUT2D eigenvalue weighted by atomic mass is 35.5. The molecule has 0 aromatic heterocycles. The van der Waals surface area contributed by atoms with Crippen molar-refractivity contribution in [3.8, 4) is 6.07 Å². The molecule has 5 heteroatoms. The number of nitriles is 1. The third-order valence-electron chi connectivity index (χ3n) is 3.05. The SMILES string of the molecule is N#Cc1ccc(CNC(C(=O)O)C2CC2)c(Cl)c1. The maximum atomic E-state index is 11.0. The lowest BCUT2D eigenvalue weighted by Gasteiger charge is -2.14. The predicted octanol–water partition coefficient (Wildman–Crippen LogP) is 2.16. The Labute approximate surface area is 110 Å². The molecule has 0 saturated heterocycles. The number of hydrogen-bond donors (Lipinski definition) is 2. The molecule has 4 nitrogen and oxygen atoms in total. The summed E-state index contributed by atoms with van der Waals surface area (Å²) in [5.74, 6) is -0.582. The second kappa shape index (κ2) is 5.38. The first-order valence-electron chi connectivity index (χ1n) is 5.76. The highest BCUT2D eigenvalue weighted by molar-refractivity contribution is 6.31. The Kier molecular flexibility index (Phi) is 3.85. The molecule has 2 N–H and O–H groups in total. The second-order valence-electron chi connectivity index (χ2n) is 4.45. The van der Waals surface area contributed by atoms with Crippen molar-refractivity contribution in [1.29, 1.82) is 5.26 Å². The lowest BCUT2D eigenvalue weighted by molar-refractivity contribution is -0.140. The molecule has 0 radical (unpaired) electrons. The number of carboxylic acid groups (broad SMARTS) is 1. The number of nitrogens with one attached hydrogen (secondary N) is 1. The standard InChI is InChI=1S/C13H13ClN2O2/c14-11-5-8(6-15)1-2-10(11)7-16-12(13(17)18)9-3-4-9/h1-2,5,9,12,16H,3-4,7H2,(H,17,18). The minimum Gasteiger partial charge on any atom is -0.480 e. The molecule has 1 unspecified atom stereocenters. The second-order valence-corrected chi connectivity index (χ2v) is 4.86. The topological polar surface area (TPSA) is 73.1 Å². The molecule has 1 saturated carbocycles. The van der Waals surface area contributed by atoms with Crippen LogP contribution in [0.5, 0.6) is 0 Å². The summed E-state index contributed by atoms with van der Waals surface area (Å²) in [7, 11) is 0. The van der Waals surface area contributed by atoms with Crippen LogP contribution >= 0.6 is 11.6 Å². The molecule has 0 aliphatic heterocycles. The molecule has 2 rings (SSSR count). The van der Waals surface area contributed by atoms with Crippen molar-refractivity contribution >= 4 is 17.6 Å². The third-order valence-corrected chi connectivity index (χ3v) is 3.41. The van der Waals surface area contributed by atoms with Crippen molar-refractivity contribution < 1.29 is 9.90 Å². The Hall–Kier alpha value is -1.57. The van der Waals surface area contributed by atoms with Gasteiger partial charge in [-0.15, -0.1) is 0 Å². The van der Waals surface area contributed by atoms with Gasteiger partial charge in [0.05, 0.1) is 11.6 Å². The number of carboxylic acids is 1. The lowest BCUT2D eigenvalue weighted by Crippen LogP contribution is -2.38. The van der Waals surface area contributed by atoms with Gasteiger partial charge in [-0.1, -0.05) is 17.7 Å². The average molecular weight is 265 g/mol. The van der Waals surface area contributed by atoms with Gasteiger partial charge in [0.2, 0.25) is 0 Å². The monoisotopic (exact) mass is 264 g/mol. The number of nitrogens with zero attached hydrogens (tertiary/aromatic N) is 1. The maximum absolute atomic E-state index is 11.0. The fraction of sp³-hybridized carbons (Fsp3) is 0.385. The number of benzene rings is 1. The molecule has 0 bridgehead atoms. The number of rotatable bonds is 5. The summed E-state index contributed by atoms with van der Waals surface area (Å²) in [6.07, 6.45) is 1.93. The fourth-order valence-electron chi connectivity index (χ4n) is 1.87. The van der Waals surface area contributed by atoms with Crippen LogP contribution in [0.3, 0.4) is 0 Å². The van der Waals surface area contributed by atoms with Crippen molar-refractivity contribution in [2.75, 3.05) is 0 Å². The van der Waals surface area contributed by atoms with Gasteiger partial charge < -0.3 is 10.4 Å². The van der Waals surface area contributed by atoms with Gasteiger partial charge in [0, 0.05) is 11.6 Å². The zero-order valence-electron chi connectivity index (χ0n) is 9.69. The Morgan fingerprint density at radius 1 is 1.61 bits per heavy atom. The first kappa shape index (κ1) is 12.9. The molecule has 1 atom stereocenters. The summed E-state index contributed by atoms with van der Waals surface area (Å²) >= 11 is 6.03. The van der Waals surface area contributed by atoms with Gasteiger partial charge in [-0.2, -0.15) is 5.26 Å². The van der Waals surface area contributed by atoms with Crippen LogP contribution in [0.4, 0.5) is 0 Å². The summed E-state index contributed by atoms with van der Waals surface area (Å²) in [5.41, 5.74) is 1.31. The average Bonchev–Trinajstić information content (AvgIpc) is 3.15. The Morgan fingerprint density at radius 2 is 2.33 bits per heavy atom. The molecule has 18 heavy (non-hydrogen) atoms. The van der Waals surface area contributed by atoms with E-state index >= 15 is 0 Å². The molecule has 1 aromatic carbocycles. The Morgan fingerprint density at radius 3 is 2.83 bits per heavy atom. The van der Waals surface area contributed by atoms with Crippen LogP contribution in [-0.2, 0) is 11.3 Å². The summed E-state index contributed by atoms with van der Waals surface area (Å²) < 4.78 is 0. The van der Waals surface area contributed by atoms with Crippen molar-refractivity contribution in [3.63, 3.8) is 0 Å². The summed E-state index contributed by atoms with van der Waals surface area (Å²) in [5, 5.41) is 21.3. The zero-order chi connectivity index (χ0) is 13.1. The zero-order valence-corrected chi connectivity index (χ0v) is 10.4. The highest BCUT2D eigenvalue weighted by Gasteiger charge is 2.35. The Balaban J connectivity index is 2.01. The first-order chi connectivity index (χ1) is 8.61. The van der Waals surface area contributed by atoms with Crippen molar-refractivity contribution in [2.24, 2.45) is 5.92 Å². The van der Waals surface area contributed by atoms with Crippen molar-refractivity contribution in [2.45, 2.75) is 25.4 Å². The predicted molar refractivity (Wildman–Crippen MR) is 67.2 cm³/mol. The van der Waals surface area contributed by atoms with E-state index in [4.69, 9.17) is 22.0 Å². The number of hydrogen-bond acceptors (Lipinski definition) is 3. The summed E-state index contributed by atoms with van der Waals surface area (Å²) in [4.78, 5) is 11.0. The smallest absolute Gasteiger partial charge is 0.320 e. The van der Waals surface area contributed by atoms with Gasteiger partial charge in [0.1, 0.15) is 6.04 Å². The van der Waals surface area contributed by atoms with Gasteiger partial charge in [-0.25, -0.2) is 0 Å². The van der Waals surface area contributed by atoms with Crippen LogP contribution in [0, 0.1) is 17.2 Å². The number of halogens is 1. The van der Waals surface area contributed by atoms with Crippen LogP contribution in [0.25, 0.3) is 0 Å². The molecular weight excluding hydrogens is 252 g/mol. The number of aliphatic carboxylic acids is 1. The van der Waals surface area contributed by atoms with Gasteiger partial charge >= 0.3 is 5.97 Å². The van der Waals surface area contributed by atoms with E-state index in [9.17, 15) is 4.79 Å². The van der Waals surface area contributed by atoms with Crippen LogP contribution in [0.1, 0.15) is 24.0 Å². The van der Waals surface area contributed by atoms with E-state index in [1.807, 2.05) is 6.07 Å². The molecule has 1 aromatic rings. The van der Waals surface area contributed by atoms with Crippen LogP contribution in [0.2, 0.25) is 5.02 Å².